The molecule has 0 bridgehead atoms. The smallest absolute Gasteiger partial charge is 0.342 e. The summed E-state index contributed by atoms with van der Waals surface area (Å²) in [5.41, 5.74) is -0.0182. The Morgan fingerprint density at radius 3 is 2.77 bits per heavy atom. The number of nitrogens with zero attached hydrogens (tertiary/aromatic N) is 1. The van der Waals surface area contributed by atoms with Gasteiger partial charge in [0.1, 0.15) is 5.56 Å². The second-order valence-corrected chi connectivity index (χ2v) is 3.53. The van der Waals surface area contributed by atoms with Crippen molar-refractivity contribution in [3.63, 3.8) is 0 Å². The molecular formula is C8H10ClNO3. The molecule has 0 saturated carbocycles. The Labute approximate surface area is 80.5 Å². The molecule has 0 radical (unpaired) electrons. The van der Waals surface area contributed by atoms with Gasteiger partial charge in [0.25, 0.3) is 0 Å². The van der Waals surface area contributed by atoms with Crippen LogP contribution in [-0.4, -0.2) is 16.2 Å². The van der Waals surface area contributed by atoms with Gasteiger partial charge >= 0.3 is 5.97 Å². The lowest BCUT2D eigenvalue weighted by molar-refractivity contribution is 0.0694. The normalized spacial score (nSPS) is 10.8. The van der Waals surface area contributed by atoms with Crippen molar-refractivity contribution in [2.45, 2.75) is 20.3 Å². The van der Waals surface area contributed by atoms with Gasteiger partial charge < -0.3 is 9.63 Å². The Morgan fingerprint density at radius 2 is 2.31 bits per heavy atom. The summed E-state index contributed by atoms with van der Waals surface area (Å²) in [6, 6.07) is 0. The summed E-state index contributed by atoms with van der Waals surface area (Å²) in [6.07, 6.45) is 0.529. The monoisotopic (exact) mass is 203 g/mol. The van der Waals surface area contributed by atoms with Gasteiger partial charge in [-0.2, -0.15) is 0 Å². The zero-order valence-corrected chi connectivity index (χ0v) is 8.13. The fraction of sp³-hybridized carbons (Fsp3) is 0.500. The van der Waals surface area contributed by atoms with E-state index < -0.39 is 5.97 Å². The molecule has 13 heavy (non-hydrogen) atoms. The largest absolute Gasteiger partial charge is 0.477 e. The Morgan fingerprint density at radius 1 is 1.69 bits per heavy atom. The predicted molar refractivity (Wildman–Crippen MR) is 47.0 cm³/mol. The first-order chi connectivity index (χ1) is 6.02. The first-order valence-corrected chi connectivity index (χ1v) is 4.27. The SMILES string of the molecule is CC(C)Cc1onc(Cl)c1C(=O)O. The molecule has 1 aromatic rings. The minimum Gasteiger partial charge on any atom is -0.477 e. The molecule has 4 nitrogen and oxygen atoms in total. The summed E-state index contributed by atoms with van der Waals surface area (Å²) in [7, 11) is 0. The zero-order valence-electron chi connectivity index (χ0n) is 7.37. The number of aromatic carboxylic acids is 1. The molecule has 0 unspecified atom stereocenters. The van der Waals surface area contributed by atoms with E-state index in [0.29, 0.717) is 18.1 Å². The highest BCUT2D eigenvalue weighted by Crippen LogP contribution is 2.21. The van der Waals surface area contributed by atoms with Crippen molar-refractivity contribution in [3.05, 3.63) is 16.5 Å². The first-order valence-electron chi connectivity index (χ1n) is 3.89. The van der Waals surface area contributed by atoms with E-state index >= 15 is 0 Å². The van der Waals surface area contributed by atoms with Crippen LogP contribution in [0, 0.1) is 5.92 Å². The van der Waals surface area contributed by atoms with Crippen LogP contribution in [0.25, 0.3) is 0 Å². The Bertz CT molecular complexity index is 319. The number of hydrogen-bond acceptors (Lipinski definition) is 3. The van der Waals surface area contributed by atoms with E-state index in [9.17, 15) is 4.79 Å². The van der Waals surface area contributed by atoms with Gasteiger partial charge in [0, 0.05) is 6.42 Å². The van der Waals surface area contributed by atoms with E-state index in [-0.39, 0.29) is 10.7 Å². The van der Waals surface area contributed by atoms with Crippen molar-refractivity contribution in [2.75, 3.05) is 0 Å². The molecule has 0 aliphatic rings. The fourth-order valence-electron chi connectivity index (χ4n) is 1.02. The van der Waals surface area contributed by atoms with Gasteiger partial charge in [-0.25, -0.2) is 4.79 Å². The molecule has 1 rings (SSSR count). The van der Waals surface area contributed by atoms with E-state index in [2.05, 4.69) is 5.16 Å². The standard InChI is InChI=1S/C8H10ClNO3/c1-4(2)3-5-6(8(11)12)7(9)10-13-5/h4H,3H2,1-2H3,(H,11,12). The highest BCUT2D eigenvalue weighted by molar-refractivity contribution is 6.32. The van der Waals surface area contributed by atoms with Gasteiger partial charge in [0.05, 0.1) is 0 Å². The highest BCUT2D eigenvalue weighted by atomic mass is 35.5. The van der Waals surface area contributed by atoms with Crippen LogP contribution in [0.2, 0.25) is 5.15 Å². The third kappa shape index (κ3) is 2.21. The van der Waals surface area contributed by atoms with Crippen LogP contribution in [-0.2, 0) is 6.42 Å². The molecule has 1 aromatic heterocycles. The second-order valence-electron chi connectivity index (χ2n) is 3.17. The average molecular weight is 204 g/mol. The van der Waals surface area contributed by atoms with Crippen molar-refractivity contribution >= 4 is 17.6 Å². The van der Waals surface area contributed by atoms with Gasteiger partial charge in [-0.3, -0.25) is 0 Å². The summed E-state index contributed by atoms with van der Waals surface area (Å²) in [6.45, 7) is 3.92. The van der Waals surface area contributed by atoms with Gasteiger partial charge in [0.2, 0.25) is 0 Å². The molecule has 0 atom stereocenters. The third-order valence-corrected chi connectivity index (χ3v) is 1.79. The number of carboxylic acids is 1. The van der Waals surface area contributed by atoms with Crippen molar-refractivity contribution in [2.24, 2.45) is 5.92 Å². The number of rotatable bonds is 3. The van der Waals surface area contributed by atoms with Crippen LogP contribution < -0.4 is 0 Å². The Balaban J connectivity index is 3.00. The predicted octanol–water partition coefficient (Wildman–Crippen LogP) is 2.22. The van der Waals surface area contributed by atoms with Crippen LogP contribution >= 0.6 is 11.6 Å². The summed E-state index contributed by atoms with van der Waals surface area (Å²) < 4.78 is 4.80. The van der Waals surface area contributed by atoms with Gasteiger partial charge in [0.15, 0.2) is 10.9 Å². The van der Waals surface area contributed by atoms with Crippen LogP contribution in [0.1, 0.15) is 30.0 Å². The first kappa shape index (κ1) is 10.1. The average Bonchev–Trinajstić information content (AvgIpc) is 2.30. The minimum absolute atomic E-state index is 0.0182. The van der Waals surface area contributed by atoms with E-state index in [4.69, 9.17) is 21.2 Å². The van der Waals surface area contributed by atoms with Gasteiger partial charge in [-0.15, -0.1) is 0 Å². The summed E-state index contributed by atoms with van der Waals surface area (Å²) in [5.74, 6) is -0.448. The molecule has 72 valence electrons. The van der Waals surface area contributed by atoms with Gasteiger partial charge in [-0.05, 0) is 5.92 Å². The Hall–Kier alpha value is -1.03. The van der Waals surface area contributed by atoms with Crippen molar-refractivity contribution in [1.29, 1.82) is 0 Å². The molecule has 0 spiro atoms. The van der Waals surface area contributed by atoms with Crippen molar-refractivity contribution in [1.82, 2.24) is 5.16 Å². The third-order valence-electron chi connectivity index (χ3n) is 1.53. The van der Waals surface area contributed by atoms with Crippen LogP contribution in [0.4, 0.5) is 0 Å². The fourth-order valence-corrected chi connectivity index (χ4v) is 1.24. The lowest BCUT2D eigenvalue weighted by atomic mass is 10.1. The maximum atomic E-state index is 10.7. The van der Waals surface area contributed by atoms with Crippen LogP contribution in [0.15, 0.2) is 4.52 Å². The topological polar surface area (TPSA) is 63.3 Å². The molecule has 0 aliphatic carbocycles. The molecule has 0 aromatic carbocycles. The van der Waals surface area contributed by atoms with E-state index in [1.54, 1.807) is 0 Å². The Kier molecular flexibility index (Phi) is 2.93. The van der Waals surface area contributed by atoms with E-state index in [1.807, 2.05) is 13.8 Å². The highest BCUT2D eigenvalue weighted by Gasteiger charge is 2.21. The van der Waals surface area contributed by atoms with Crippen LogP contribution in [0.5, 0.6) is 0 Å². The minimum atomic E-state index is -1.10. The molecule has 1 N–H and O–H groups in total. The van der Waals surface area contributed by atoms with Crippen LogP contribution in [0.3, 0.4) is 0 Å². The second kappa shape index (κ2) is 3.79. The zero-order chi connectivity index (χ0) is 10.0. The van der Waals surface area contributed by atoms with Crippen molar-refractivity contribution < 1.29 is 14.4 Å². The summed E-state index contributed by atoms with van der Waals surface area (Å²) >= 11 is 5.54. The molecule has 1 heterocycles. The molecule has 0 amide bonds. The molecule has 0 fully saturated rings. The summed E-state index contributed by atoms with van der Waals surface area (Å²) in [4.78, 5) is 10.7. The molecule has 0 saturated heterocycles. The lowest BCUT2D eigenvalue weighted by Crippen LogP contribution is -2.02. The number of hydrogen-bond donors (Lipinski definition) is 1. The molecule has 5 heteroatoms. The molecular weight excluding hydrogens is 194 g/mol. The number of carboxylic acid groups (broad SMARTS) is 1. The van der Waals surface area contributed by atoms with Crippen molar-refractivity contribution in [3.8, 4) is 0 Å². The summed E-state index contributed by atoms with van der Waals surface area (Å²) in [5, 5.41) is 12.1. The quantitative estimate of drug-likeness (QED) is 0.818. The van der Waals surface area contributed by atoms with Gasteiger partial charge in [-0.1, -0.05) is 30.6 Å². The maximum absolute atomic E-state index is 10.7. The van der Waals surface area contributed by atoms with E-state index in [0.717, 1.165) is 0 Å². The maximum Gasteiger partial charge on any atom is 0.342 e. The number of halogens is 1. The number of carbonyl (C=O) groups is 1. The number of aromatic nitrogens is 1. The molecule has 0 aliphatic heterocycles. The van der Waals surface area contributed by atoms with E-state index in [1.165, 1.54) is 0 Å². The lowest BCUT2D eigenvalue weighted by Gasteiger charge is -2.00.